The Kier molecular flexibility index (Phi) is 4.40. The summed E-state index contributed by atoms with van der Waals surface area (Å²) < 4.78 is 0. The number of hydrogen-bond acceptors (Lipinski definition) is 4. The van der Waals surface area contributed by atoms with Gasteiger partial charge in [0.05, 0.1) is 5.56 Å². The number of carboxylic acids is 1. The summed E-state index contributed by atoms with van der Waals surface area (Å²) in [5.74, 6) is 0.607. The molecule has 25 heavy (non-hydrogen) atoms. The molecule has 2 bridgehead atoms. The molecule has 1 aromatic heterocycles. The standard InChI is InChI=1S/C20H23N3O2/c24-20(25)17-7-9-19(21-10-17)23-13-16-6-8-18(14-23)22(12-16)11-15-4-2-1-3-5-15/h1-5,7,9-10,16,18H,6,8,11-14H2,(H,24,25)/t16-,18-/m0/s1. The minimum atomic E-state index is -0.927. The monoisotopic (exact) mass is 337 g/mol. The zero-order valence-electron chi connectivity index (χ0n) is 14.2. The Bertz CT molecular complexity index is 732. The lowest BCUT2D eigenvalue weighted by atomic mass is 9.94. The summed E-state index contributed by atoms with van der Waals surface area (Å²) in [5, 5.41) is 9.04. The second kappa shape index (κ2) is 6.84. The van der Waals surface area contributed by atoms with E-state index in [1.54, 1.807) is 6.07 Å². The second-order valence-electron chi connectivity index (χ2n) is 7.13. The van der Waals surface area contributed by atoms with Crippen LogP contribution in [0.25, 0.3) is 0 Å². The number of carboxylic acid groups (broad SMARTS) is 1. The first-order chi connectivity index (χ1) is 12.2. The van der Waals surface area contributed by atoms with Crippen molar-refractivity contribution in [2.45, 2.75) is 25.4 Å². The second-order valence-corrected chi connectivity index (χ2v) is 7.13. The van der Waals surface area contributed by atoms with Crippen LogP contribution in [-0.4, -0.2) is 46.6 Å². The van der Waals surface area contributed by atoms with Gasteiger partial charge in [0.2, 0.25) is 0 Å². The maximum absolute atomic E-state index is 11.0. The molecule has 0 spiro atoms. The number of fused-ring (bicyclic) bond motifs is 4. The molecule has 2 atom stereocenters. The van der Waals surface area contributed by atoms with Crippen LogP contribution in [0.5, 0.6) is 0 Å². The van der Waals surface area contributed by atoms with E-state index in [1.165, 1.54) is 24.6 Å². The van der Waals surface area contributed by atoms with Crippen molar-refractivity contribution in [3.05, 3.63) is 59.8 Å². The van der Waals surface area contributed by atoms with Gasteiger partial charge in [-0.15, -0.1) is 0 Å². The fourth-order valence-electron chi connectivity index (χ4n) is 4.08. The third kappa shape index (κ3) is 3.51. The predicted molar refractivity (Wildman–Crippen MR) is 96.8 cm³/mol. The van der Waals surface area contributed by atoms with Crippen LogP contribution in [0.15, 0.2) is 48.7 Å². The van der Waals surface area contributed by atoms with Crippen molar-refractivity contribution in [3.8, 4) is 0 Å². The topological polar surface area (TPSA) is 56.7 Å². The smallest absolute Gasteiger partial charge is 0.337 e. The van der Waals surface area contributed by atoms with Gasteiger partial charge in [-0.2, -0.15) is 0 Å². The quantitative estimate of drug-likeness (QED) is 0.930. The maximum Gasteiger partial charge on any atom is 0.337 e. The minimum Gasteiger partial charge on any atom is -0.478 e. The predicted octanol–water partition coefficient (Wildman–Crippen LogP) is 2.88. The van der Waals surface area contributed by atoms with Crippen LogP contribution in [-0.2, 0) is 6.54 Å². The third-order valence-corrected chi connectivity index (χ3v) is 5.37. The molecule has 1 N–H and O–H groups in total. The number of hydrogen-bond donors (Lipinski definition) is 1. The molecule has 3 fully saturated rings. The SMILES string of the molecule is O=C(O)c1ccc(N2C[C@H]3CC[C@@H](C2)N(Cc2ccccc2)C3)nc1. The largest absolute Gasteiger partial charge is 0.478 e. The highest BCUT2D eigenvalue weighted by Gasteiger charge is 2.35. The summed E-state index contributed by atoms with van der Waals surface area (Å²) in [6.45, 7) is 4.09. The third-order valence-electron chi connectivity index (χ3n) is 5.37. The summed E-state index contributed by atoms with van der Waals surface area (Å²) in [5.41, 5.74) is 1.61. The summed E-state index contributed by atoms with van der Waals surface area (Å²) in [6.07, 6.45) is 3.95. The fourth-order valence-corrected chi connectivity index (χ4v) is 4.08. The van der Waals surface area contributed by atoms with Crippen LogP contribution < -0.4 is 4.90 Å². The molecular weight excluding hydrogens is 314 g/mol. The van der Waals surface area contributed by atoms with E-state index in [4.69, 9.17) is 5.11 Å². The number of carbonyl (C=O) groups is 1. The molecule has 3 saturated heterocycles. The van der Waals surface area contributed by atoms with E-state index in [0.29, 0.717) is 12.0 Å². The number of aromatic carboxylic acids is 1. The number of rotatable bonds is 4. The lowest BCUT2D eigenvalue weighted by Gasteiger charge is -2.36. The average Bonchev–Trinajstić information content (AvgIpc) is 2.94. The molecule has 3 aliphatic rings. The number of pyridine rings is 1. The Morgan fingerprint density at radius 1 is 1.08 bits per heavy atom. The number of anilines is 1. The zero-order chi connectivity index (χ0) is 17.2. The van der Waals surface area contributed by atoms with Gasteiger partial charge in [-0.1, -0.05) is 30.3 Å². The lowest BCUT2D eigenvalue weighted by molar-refractivity contribution is 0.0696. The van der Waals surface area contributed by atoms with Gasteiger partial charge in [-0.25, -0.2) is 9.78 Å². The van der Waals surface area contributed by atoms with Gasteiger partial charge in [-0.05, 0) is 36.5 Å². The van der Waals surface area contributed by atoms with E-state index in [-0.39, 0.29) is 5.56 Å². The van der Waals surface area contributed by atoms with Gasteiger partial charge >= 0.3 is 5.97 Å². The van der Waals surface area contributed by atoms with Gasteiger partial charge in [0.25, 0.3) is 0 Å². The summed E-state index contributed by atoms with van der Waals surface area (Å²) >= 11 is 0. The molecule has 130 valence electrons. The van der Waals surface area contributed by atoms with Crippen LogP contribution in [0.3, 0.4) is 0 Å². The van der Waals surface area contributed by atoms with Crippen LogP contribution in [0.1, 0.15) is 28.8 Å². The maximum atomic E-state index is 11.0. The first-order valence-electron chi connectivity index (χ1n) is 8.91. The molecule has 0 aliphatic carbocycles. The van der Waals surface area contributed by atoms with Crippen molar-refractivity contribution in [2.24, 2.45) is 5.92 Å². The number of aromatic nitrogens is 1. The van der Waals surface area contributed by atoms with E-state index in [1.807, 2.05) is 6.07 Å². The van der Waals surface area contributed by atoms with E-state index >= 15 is 0 Å². The molecule has 0 saturated carbocycles. The highest BCUT2D eigenvalue weighted by molar-refractivity contribution is 5.87. The number of piperidine rings is 1. The van der Waals surface area contributed by atoms with E-state index in [2.05, 4.69) is 45.1 Å². The number of benzene rings is 1. The van der Waals surface area contributed by atoms with Crippen LogP contribution >= 0.6 is 0 Å². The Balaban J connectivity index is 1.50. The van der Waals surface area contributed by atoms with Gasteiger partial charge in [0.15, 0.2) is 0 Å². The zero-order valence-corrected chi connectivity index (χ0v) is 14.2. The van der Waals surface area contributed by atoms with Gasteiger partial charge < -0.3 is 10.0 Å². The molecular formula is C20H23N3O2. The molecule has 0 radical (unpaired) electrons. The van der Waals surface area contributed by atoms with Gasteiger partial charge in [0, 0.05) is 38.4 Å². The first-order valence-corrected chi connectivity index (χ1v) is 8.91. The first kappa shape index (κ1) is 16.1. The van der Waals surface area contributed by atoms with E-state index < -0.39 is 5.97 Å². The highest BCUT2D eigenvalue weighted by Crippen LogP contribution is 2.31. The van der Waals surface area contributed by atoms with Crippen LogP contribution in [0.2, 0.25) is 0 Å². The van der Waals surface area contributed by atoms with Crippen molar-refractivity contribution < 1.29 is 9.90 Å². The number of nitrogens with zero attached hydrogens (tertiary/aromatic N) is 3. The summed E-state index contributed by atoms with van der Waals surface area (Å²) in [6, 6.07) is 14.7. The Morgan fingerprint density at radius 2 is 1.92 bits per heavy atom. The molecule has 5 heteroatoms. The average molecular weight is 337 g/mol. The van der Waals surface area contributed by atoms with Crippen LogP contribution in [0, 0.1) is 5.92 Å². The molecule has 5 rings (SSSR count). The Labute approximate surface area is 147 Å². The minimum absolute atomic E-state index is 0.243. The molecule has 0 unspecified atom stereocenters. The molecule has 2 aromatic rings. The van der Waals surface area contributed by atoms with Crippen molar-refractivity contribution in [1.29, 1.82) is 0 Å². The van der Waals surface area contributed by atoms with Crippen LogP contribution in [0.4, 0.5) is 5.82 Å². The van der Waals surface area contributed by atoms with E-state index in [9.17, 15) is 4.79 Å². The summed E-state index contributed by atoms with van der Waals surface area (Å²) in [7, 11) is 0. The molecule has 4 heterocycles. The molecule has 5 nitrogen and oxygen atoms in total. The normalized spacial score (nSPS) is 23.4. The fraction of sp³-hybridized carbons (Fsp3) is 0.400. The van der Waals surface area contributed by atoms with Crippen molar-refractivity contribution in [3.63, 3.8) is 0 Å². The lowest BCUT2D eigenvalue weighted by Crippen LogP contribution is -2.43. The summed E-state index contributed by atoms with van der Waals surface area (Å²) in [4.78, 5) is 20.4. The highest BCUT2D eigenvalue weighted by atomic mass is 16.4. The Hall–Kier alpha value is -2.40. The van der Waals surface area contributed by atoms with E-state index in [0.717, 1.165) is 32.0 Å². The molecule has 3 aliphatic heterocycles. The molecule has 0 amide bonds. The van der Waals surface area contributed by atoms with Crippen molar-refractivity contribution in [1.82, 2.24) is 9.88 Å². The van der Waals surface area contributed by atoms with Gasteiger partial charge in [0.1, 0.15) is 5.82 Å². The van der Waals surface area contributed by atoms with Gasteiger partial charge in [-0.3, -0.25) is 4.90 Å². The Morgan fingerprint density at radius 3 is 2.64 bits per heavy atom. The molecule has 1 aromatic carbocycles. The van der Waals surface area contributed by atoms with Crippen molar-refractivity contribution in [2.75, 3.05) is 24.5 Å². The van der Waals surface area contributed by atoms with Crippen molar-refractivity contribution >= 4 is 11.8 Å².